The van der Waals surface area contributed by atoms with E-state index in [0.717, 1.165) is 18.5 Å². The van der Waals surface area contributed by atoms with Gasteiger partial charge in [-0.1, -0.05) is 0 Å². The maximum Gasteiger partial charge on any atom is 0.253 e. The standard InChI is InChI=1S/C21H26ClN3O2/c1-21(2,15-22)20(27)23-17-9-13-25(14-10-17)19(26)16-5-7-18(8-6-16)24-11-3-4-12-24/h3-8,11-12,17H,9-10,13-15H2,1-2H3,(H,23,27). The molecule has 1 aromatic carbocycles. The van der Waals surface area contributed by atoms with Crippen LogP contribution < -0.4 is 5.32 Å². The largest absolute Gasteiger partial charge is 0.353 e. The monoisotopic (exact) mass is 387 g/mol. The molecule has 1 fully saturated rings. The molecule has 0 unspecified atom stereocenters. The van der Waals surface area contributed by atoms with E-state index in [9.17, 15) is 9.59 Å². The minimum atomic E-state index is -0.573. The summed E-state index contributed by atoms with van der Waals surface area (Å²) in [7, 11) is 0. The van der Waals surface area contributed by atoms with Gasteiger partial charge >= 0.3 is 0 Å². The van der Waals surface area contributed by atoms with Crippen LogP contribution in [-0.4, -0.2) is 46.3 Å². The maximum absolute atomic E-state index is 12.7. The lowest BCUT2D eigenvalue weighted by Gasteiger charge is -2.34. The highest BCUT2D eigenvalue weighted by Crippen LogP contribution is 2.20. The Morgan fingerprint density at radius 1 is 1.11 bits per heavy atom. The SMILES string of the molecule is CC(C)(CCl)C(=O)NC1CCN(C(=O)c2ccc(-n3cccc3)cc2)CC1. The molecule has 1 aromatic heterocycles. The minimum absolute atomic E-state index is 0.0251. The summed E-state index contributed by atoms with van der Waals surface area (Å²) >= 11 is 5.87. The topological polar surface area (TPSA) is 54.3 Å². The Morgan fingerprint density at radius 2 is 1.70 bits per heavy atom. The third-order valence-corrected chi connectivity index (χ3v) is 5.75. The molecule has 1 aliphatic heterocycles. The Balaban J connectivity index is 1.55. The number of benzene rings is 1. The van der Waals surface area contributed by atoms with Crippen molar-refractivity contribution in [1.82, 2.24) is 14.8 Å². The number of carbonyl (C=O) groups is 2. The van der Waals surface area contributed by atoms with Gasteiger partial charge < -0.3 is 14.8 Å². The van der Waals surface area contributed by atoms with Crippen molar-refractivity contribution < 1.29 is 9.59 Å². The molecule has 5 nitrogen and oxygen atoms in total. The first-order valence-electron chi connectivity index (χ1n) is 9.30. The van der Waals surface area contributed by atoms with Gasteiger partial charge in [-0.3, -0.25) is 9.59 Å². The van der Waals surface area contributed by atoms with Crippen LogP contribution in [0.25, 0.3) is 5.69 Å². The number of piperidine rings is 1. The fraction of sp³-hybridized carbons (Fsp3) is 0.429. The number of halogens is 1. The van der Waals surface area contributed by atoms with E-state index in [2.05, 4.69) is 5.32 Å². The highest BCUT2D eigenvalue weighted by atomic mass is 35.5. The molecule has 0 radical (unpaired) electrons. The van der Waals surface area contributed by atoms with E-state index in [1.54, 1.807) is 0 Å². The van der Waals surface area contributed by atoms with Crippen molar-refractivity contribution in [2.75, 3.05) is 19.0 Å². The number of carbonyl (C=O) groups excluding carboxylic acids is 2. The van der Waals surface area contributed by atoms with Crippen molar-refractivity contribution in [2.24, 2.45) is 5.41 Å². The second-order valence-corrected chi connectivity index (χ2v) is 7.96. The van der Waals surface area contributed by atoms with Gasteiger partial charge in [0.1, 0.15) is 0 Å². The molecular formula is C21H26ClN3O2. The molecule has 1 aliphatic rings. The van der Waals surface area contributed by atoms with Gasteiger partial charge in [0.25, 0.3) is 5.91 Å². The number of aromatic nitrogens is 1. The zero-order valence-electron chi connectivity index (χ0n) is 15.8. The van der Waals surface area contributed by atoms with Crippen LogP contribution in [0.4, 0.5) is 0 Å². The van der Waals surface area contributed by atoms with Crippen LogP contribution in [0.1, 0.15) is 37.0 Å². The quantitative estimate of drug-likeness (QED) is 0.799. The second kappa shape index (κ2) is 8.17. The van der Waals surface area contributed by atoms with Crippen LogP contribution in [-0.2, 0) is 4.79 Å². The van der Waals surface area contributed by atoms with Crippen molar-refractivity contribution in [3.05, 3.63) is 54.4 Å². The van der Waals surface area contributed by atoms with Gasteiger partial charge in [-0.15, -0.1) is 11.6 Å². The summed E-state index contributed by atoms with van der Waals surface area (Å²) in [5.74, 6) is 0.303. The lowest BCUT2D eigenvalue weighted by molar-refractivity contribution is -0.129. The molecule has 0 aliphatic carbocycles. The van der Waals surface area contributed by atoms with Gasteiger partial charge in [-0.2, -0.15) is 0 Å². The van der Waals surface area contributed by atoms with E-state index in [1.807, 2.05) is 72.1 Å². The fourth-order valence-electron chi connectivity index (χ4n) is 3.13. The number of amides is 2. The molecule has 6 heteroatoms. The summed E-state index contributed by atoms with van der Waals surface area (Å²) in [6.07, 6.45) is 5.47. The number of alkyl halides is 1. The number of hydrogen-bond acceptors (Lipinski definition) is 2. The average Bonchev–Trinajstić information content (AvgIpc) is 3.23. The number of likely N-dealkylation sites (tertiary alicyclic amines) is 1. The van der Waals surface area contributed by atoms with Crippen molar-refractivity contribution in [2.45, 2.75) is 32.7 Å². The first kappa shape index (κ1) is 19.5. The first-order chi connectivity index (χ1) is 12.9. The molecule has 2 heterocycles. The van der Waals surface area contributed by atoms with Crippen LogP contribution in [0.3, 0.4) is 0 Å². The highest BCUT2D eigenvalue weighted by Gasteiger charge is 2.30. The molecule has 0 saturated carbocycles. The molecule has 2 aromatic rings. The smallest absolute Gasteiger partial charge is 0.253 e. The highest BCUT2D eigenvalue weighted by molar-refractivity contribution is 6.19. The zero-order chi connectivity index (χ0) is 19.4. The Morgan fingerprint density at radius 3 is 2.26 bits per heavy atom. The van der Waals surface area contributed by atoms with Crippen LogP contribution >= 0.6 is 11.6 Å². The zero-order valence-corrected chi connectivity index (χ0v) is 16.6. The van der Waals surface area contributed by atoms with E-state index in [4.69, 9.17) is 11.6 Å². The maximum atomic E-state index is 12.7. The van der Waals surface area contributed by atoms with Crippen molar-refractivity contribution >= 4 is 23.4 Å². The van der Waals surface area contributed by atoms with Crippen molar-refractivity contribution in [1.29, 1.82) is 0 Å². The van der Waals surface area contributed by atoms with Gasteiger partial charge in [-0.05, 0) is 63.1 Å². The molecule has 2 amide bonds. The van der Waals surface area contributed by atoms with Gasteiger partial charge in [0, 0.05) is 48.7 Å². The molecule has 1 saturated heterocycles. The predicted molar refractivity (Wildman–Crippen MR) is 107 cm³/mol. The van der Waals surface area contributed by atoms with Crippen LogP contribution in [0, 0.1) is 5.41 Å². The molecule has 0 spiro atoms. The summed E-state index contributed by atoms with van der Waals surface area (Å²) in [5, 5.41) is 3.07. The number of hydrogen-bond donors (Lipinski definition) is 1. The van der Waals surface area contributed by atoms with Gasteiger partial charge in [0.15, 0.2) is 0 Å². The van der Waals surface area contributed by atoms with Gasteiger partial charge in [0.05, 0.1) is 5.41 Å². The summed E-state index contributed by atoms with van der Waals surface area (Å²) in [5.41, 5.74) is 1.15. The fourth-order valence-corrected chi connectivity index (χ4v) is 3.26. The first-order valence-corrected chi connectivity index (χ1v) is 9.84. The molecular weight excluding hydrogens is 362 g/mol. The molecule has 1 N–H and O–H groups in total. The van der Waals surface area contributed by atoms with E-state index in [1.165, 1.54) is 0 Å². The van der Waals surface area contributed by atoms with Gasteiger partial charge in [0.2, 0.25) is 5.91 Å². The molecule has 0 bridgehead atoms. The molecule has 144 valence electrons. The van der Waals surface area contributed by atoms with Gasteiger partial charge in [-0.25, -0.2) is 0 Å². The van der Waals surface area contributed by atoms with Crippen LogP contribution in [0.15, 0.2) is 48.8 Å². The van der Waals surface area contributed by atoms with E-state index >= 15 is 0 Å². The summed E-state index contributed by atoms with van der Waals surface area (Å²) in [4.78, 5) is 26.9. The summed E-state index contributed by atoms with van der Waals surface area (Å²) < 4.78 is 2.00. The van der Waals surface area contributed by atoms with Crippen LogP contribution in [0.5, 0.6) is 0 Å². The molecule has 0 atom stereocenters. The average molecular weight is 388 g/mol. The number of nitrogens with zero attached hydrogens (tertiary/aromatic N) is 2. The number of nitrogens with one attached hydrogen (secondary N) is 1. The van der Waals surface area contributed by atoms with E-state index in [-0.39, 0.29) is 23.7 Å². The Hall–Kier alpha value is -2.27. The van der Waals surface area contributed by atoms with E-state index < -0.39 is 5.41 Å². The van der Waals surface area contributed by atoms with Crippen LogP contribution in [0.2, 0.25) is 0 Å². The van der Waals surface area contributed by atoms with Crippen molar-refractivity contribution in [3.8, 4) is 5.69 Å². The third kappa shape index (κ3) is 4.53. The third-order valence-electron chi connectivity index (χ3n) is 5.08. The Kier molecular flexibility index (Phi) is 5.90. The Bertz CT molecular complexity index is 776. The minimum Gasteiger partial charge on any atom is -0.353 e. The normalized spacial score (nSPS) is 15.6. The van der Waals surface area contributed by atoms with E-state index in [0.29, 0.717) is 18.7 Å². The summed E-state index contributed by atoms with van der Waals surface area (Å²) in [6, 6.07) is 11.7. The number of rotatable bonds is 5. The lowest BCUT2D eigenvalue weighted by atomic mass is 9.93. The molecule has 3 rings (SSSR count). The lowest BCUT2D eigenvalue weighted by Crippen LogP contribution is -2.49. The molecule has 27 heavy (non-hydrogen) atoms. The predicted octanol–water partition coefficient (Wildman–Crippen LogP) is 3.46. The summed E-state index contributed by atoms with van der Waals surface area (Å²) in [6.45, 7) is 4.96. The van der Waals surface area contributed by atoms with Crippen molar-refractivity contribution in [3.63, 3.8) is 0 Å². The second-order valence-electron chi connectivity index (χ2n) is 7.69. The Labute approximate surface area is 165 Å².